The molecule has 0 unspecified atom stereocenters. The zero-order valence-corrected chi connectivity index (χ0v) is 46.3. The van der Waals surface area contributed by atoms with Gasteiger partial charge in [0.15, 0.2) is 0 Å². The molecule has 0 saturated carbocycles. The fourth-order valence-corrected chi connectivity index (χ4v) is 13.9. The fraction of sp³-hybridized carbons (Fsp3) is 0.0370. The molecule has 1 aliphatic rings. The van der Waals surface area contributed by atoms with Gasteiger partial charge in [-0.3, -0.25) is 0 Å². The summed E-state index contributed by atoms with van der Waals surface area (Å²) in [5, 5.41) is 14.6. The highest BCUT2D eigenvalue weighted by Gasteiger charge is 2.36. The van der Waals surface area contributed by atoms with Crippen molar-refractivity contribution in [1.82, 2.24) is 0 Å². The van der Waals surface area contributed by atoms with Crippen LogP contribution in [0.3, 0.4) is 0 Å². The topological polar surface area (TPSA) is 6.48 Å². The third kappa shape index (κ3) is 7.86. The zero-order chi connectivity index (χ0) is 55.2. The van der Waals surface area contributed by atoms with Crippen molar-refractivity contribution >= 4 is 98.8 Å². The van der Waals surface area contributed by atoms with Gasteiger partial charge in [-0.1, -0.05) is 232 Å². The quantitative estimate of drug-likeness (QED) is 0.105. The Hall–Kier alpha value is -10.5. The smallest absolute Gasteiger partial charge is 0.0468 e. The lowest BCUT2D eigenvalue weighted by Gasteiger charge is -2.29. The molecular formula is C81H56N2. The van der Waals surface area contributed by atoms with Crippen LogP contribution in [0.1, 0.15) is 25.0 Å². The molecule has 0 saturated heterocycles. The van der Waals surface area contributed by atoms with Crippen LogP contribution in [0.2, 0.25) is 0 Å². The van der Waals surface area contributed by atoms with Crippen molar-refractivity contribution in [3.63, 3.8) is 0 Å². The van der Waals surface area contributed by atoms with Gasteiger partial charge < -0.3 is 9.80 Å². The van der Waals surface area contributed by atoms with Crippen LogP contribution < -0.4 is 9.80 Å². The van der Waals surface area contributed by atoms with Crippen molar-refractivity contribution in [2.45, 2.75) is 19.3 Å². The number of nitrogens with zero attached hydrogens (tertiary/aromatic N) is 2. The van der Waals surface area contributed by atoms with E-state index >= 15 is 0 Å². The van der Waals surface area contributed by atoms with Crippen molar-refractivity contribution in [2.24, 2.45) is 0 Å². The SMILES string of the molecule is CC1(C)c2ccccc2-c2ccc(N(c3ccc(-c4ccccc4)cc3)c3ccc4c(-c5cc6ccccc6c6ccccc56)c5cc(N(c6ccccc6)c6ccccc6)ccc5c(-c5cc6ccccc6c6ccccc56)c4c3)cc21. The summed E-state index contributed by atoms with van der Waals surface area (Å²) in [6.07, 6.45) is 0. The molecule has 15 aromatic carbocycles. The number of hydrogen-bond acceptors (Lipinski definition) is 2. The lowest BCUT2D eigenvalue weighted by atomic mass is 9.81. The highest BCUT2D eigenvalue weighted by Crippen LogP contribution is 2.54. The standard InChI is InChI=1S/C81H56N2/c1-81(2)77-37-21-20-36-69(77)70-45-42-62(52-78(70)81)83(59-40-38-54(39-41-59)53-22-6-3-7-23-53)61-44-47-72-76(51-61)80(74-49-56-25-13-15-31-64(56)66-33-17-19-35-68(66)74)71-46-43-60(82(57-26-8-4-9-27-57)58-28-10-5-11-29-58)50-75(71)79(72)73-48-55-24-12-14-30-63(55)65-32-16-18-34-67(65)73/h3-52H,1-2H3. The van der Waals surface area contributed by atoms with Gasteiger partial charge in [-0.15, -0.1) is 0 Å². The lowest BCUT2D eigenvalue weighted by Crippen LogP contribution is -2.16. The molecule has 0 aromatic heterocycles. The van der Waals surface area contributed by atoms with E-state index in [9.17, 15) is 0 Å². The molecule has 16 rings (SSSR count). The highest BCUT2D eigenvalue weighted by molar-refractivity contribution is 6.29. The summed E-state index contributed by atoms with van der Waals surface area (Å²) in [6, 6.07) is 113. The molecule has 0 spiro atoms. The first-order chi connectivity index (χ1) is 40.9. The highest BCUT2D eigenvalue weighted by atomic mass is 15.1. The van der Waals surface area contributed by atoms with E-state index in [0.717, 1.165) is 34.1 Å². The maximum atomic E-state index is 2.51. The minimum absolute atomic E-state index is 0.190. The largest absolute Gasteiger partial charge is 0.310 e. The molecule has 83 heavy (non-hydrogen) atoms. The summed E-state index contributed by atoms with van der Waals surface area (Å²) < 4.78 is 0. The van der Waals surface area contributed by atoms with Gasteiger partial charge in [-0.05, 0) is 205 Å². The van der Waals surface area contributed by atoms with Crippen LogP contribution in [0.15, 0.2) is 303 Å². The Morgan fingerprint density at radius 2 is 0.590 bits per heavy atom. The molecule has 390 valence electrons. The summed E-state index contributed by atoms with van der Waals surface area (Å²) in [5.74, 6) is 0. The van der Waals surface area contributed by atoms with Gasteiger partial charge >= 0.3 is 0 Å². The van der Waals surface area contributed by atoms with E-state index in [-0.39, 0.29) is 5.41 Å². The first kappa shape index (κ1) is 48.4. The minimum Gasteiger partial charge on any atom is -0.310 e. The van der Waals surface area contributed by atoms with Gasteiger partial charge in [0.1, 0.15) is 0 Å². The summed E-state index contributed by atoms with van der Waals surface area (Å²) >= 11 is 0. The average Bonchev–Trinajstić information content (AvgIpc) is 1.53. The van der Waals surface area contributed by atoms with Crippen LogP contribution in [-0.4, -0.2) is 0 Å². The summed E-state index contributed by atoms with van der Waals surface area (Å²) in [7, 11) is 0. The van der Waals surface area contributed by atoms with Crippen molar-refractivity contribution in [3.8, 4) is 44.5 Å². The number of para-hydroxylation sites is 2. The van der Waals surface area contributed by atoms with Gasteiger partial charge in [0.2, 0.25) is 0 Å². The van der Waals surface area contributed by atoms with Gasteiger partial charge in [0.05, 0.1) is 0 Å². The Morgan fingerprint density at radius 3 is 1.13 bits per heavy atom. The number of benzene rings is 15. The van der Waals surface area contributed by atoms with Crippen LogP contribution in [-0.2, 0) is 5.41 Å². The minimum atomic E-state index is -0.190. The Balaban J connectivity index is 1.05. The molecule has 0 fully saturated rings. The zero-order valence-electron chi connectivity index (χ0n) is 46.3. The molecule has 0 amide bonds. The number of fused-ring (bicyclic) bond motifs is 11. The van der Waals surface area contributed by atoms with E-state index in [4.69, 9.17) is 0 Å². The maximum Gasteiger partial charge on any atom is 0.0468 e. The van der Waals surface area contributed by atoms with E-state index in [2.05, 4.69) is 327 Å². The first-order valence-electron chi connectivity index (χ1n) is 28.9. The van der Waals surface area contributed by atoms with E-state index in [1.807, 2.05) is 0 Å². The molecule has 0 bridgehead atoms. The molecular weight excluding hydrogens is 1000 g/mol. The maximum absolute atomic E-state index is 2.51. The molecule has 1 aliphatic carbocycles. The van der Waals surface area contributed by atoms with Crippen LogP contribution >= 0.6 is 0 Å². The molecule has 2 nitrogen and oxygen atoms in total. The van der Waals surface area contributed by atoms with Crippen molar-refractivity contribution in [2.75, 3.05) is 9.80 Å². The number of rotatable bonds is 9. The normalized spacial score (nSPS) is 12.6. The van der Waals surface area contributed by atoms with E-state index < -0.39 is 0 Å². The first-order valence-corrected chi connectivity index (χ1v) is 28.9. The Morgan fingerprint density at radius 1 is 0.217 bits per heavy atom. The summed E-state index contributed by atoms with van der Waals surface area (Å²) in [5.41, 5.74) is 18.9. The third-order valence-corrected chi connectivity index (χ3v) is 17.8. The third-order valence-electron chi connectivity index (χ3n) is 17.8. The molecule has 15 aromatic rings. The fourth-order valence-electron chi connectivity index (χ4n) is 13.9. The van der Waals surface area contributed by atoms with E-state index in [0.29, 0.717) is 0 Å². The number of hydrogen-bond donors (Lipinski definition) is 0. The second-order valence-electron chi connectivity index (χ2n) is 22.7. The second-order valence-corrected chi connectivity index (χ2v) is 22.7. The summed E-state index contributed by atoms with van der Waals surface area (Å²) in [6.45, 7) is 4.76. The molecule has 0 atom stereocenters. The van der Waals surface area contributed by atoms with E-state index in [1.165, 1.54) is 120 Å². The van der Waals surface area contributed by atoms with Crippen LogP contribution in [0, 0.1) is 0 Å². The molecule has 2 heteroatoms. The van der Waals surface area contributed by atoms with Crippen LogP contribution in [0.25, 0.3) is 109 Å². The van der Waals surface area contributed by atoms with Crippen molar-refractivity contribution in [3.05, 3.63) is 314 Å². The number of anilines is 6. The Kier molecular flexibility index (Phi) is 11.3. The van der Waals surface area contributed by atoms with Gasteiger partial charge in [0, 0.05) is 39.5 Å². The van der Waals surface area contributed by atoms with Crippen LogP contribution in [0.5, 0.6) is 0 Å². The molecule has 0 heterocycles. The second kappa shape index (κ2) is 19.3. The monoisotopic (exact) mass is 1060 g/mol. The molecule has 0 aliphatic heterocycles. The average molecular weight is 1060 g/mol. The van der Waals surface area contributed by atoms with Crippen molar-refractivity contribution < 1.29 is 0 Å². The Bertz CT molecular complexity index is 5000. The van der Waals surface area contributed by atoms with Gasteiger partial charge in [-0.2, -0.15) is 0 Å². The predicted octanol–water partition coefficient (Wildman–Crippen LogP) is 22.9. The Labute approximate surface area is 484 Å². The summed E-state index contributed by atoms with van der Waals surface area (Å²) in [4.78, 5) is 4.89. The van der Waals surface area contributed by atoms with Gasteiger partial charge in [-0.25, -0.2) is 0 Å². The van der Waals surface area contributed by atoms with E-state index in [1.54, 1.807) is 0 Å². The molecule has 0 radical (unpaired) electrons. The van der Waals surface area contributed by atoms with Crippen molar-refractivity contribution in [1.29, 1.82) is 0 Å². The lowest BCUT2D eigenvalue weighted by molar-refractivity contribution is 0.660. The van der Waals surface area contributed by atoms with Gasteiger partial charge in [0.25, 0.3) is 0 Å². The molecule has 0 N–H and O–H groups in total. The van der Waals surface area contributed by atoms with Crippen LogP contribution in [0.4, 0.5) is 34.1 Å². The predicted molar refractivity (Wildman–Crippen MR) is 355 cm³/mol.